The van der Waals surface area contributed by atoms with Crippen LogP contribution in [0.15, 0.2) is 30.5 Å². The van der Waals surface area contributed by atoms with Gasteiger partial charge in [-0.05, 0) is 12.5 Å². The van der Waals surface area contributed by atoms with Crippen LogP contribution >= 0.6 is 0 Å². The second-order valence-corrected chi connectivity index (χ2v) is 2.63. The molecule has 1 aromatic rings. The van der Waals surface area contributed by atoms with Crippen LogP contribution in [0, 0.1) is 6.92 Å². The van der Waals surface area contributed by atoms with E-state index in [1.165, 1.54) is 0 Å². The standard InChI is InChI=1S/C10H13NO/c1-8-5-3-4-6-9(8)10(12)7-11-2/h3-7,11-12H,1-2H3/b10-7-. The lowest BCUT2D eigenvalue weighted by atomic mass is 10.1. The summed E-state index contributed by atoms with van der Waals surface area (Å²) in [5, 5.41) is 12.3. The fourth-order valence-electron chi connectivity index (χ4n) is 1.07. The van der Waals surface area contributed by atoms with E-state index in [4.69, 9.17) is 0 Å². The molecule has 2 N–H and O–H groups in total. The van der Waals surface area contributed by atoms with Crippen molar-refractivity contribution in [1.82, 2.24) is 5.32 Å². The molecule has 0 amide bonds. The van der Waals surface area contributed by atoms with Crippen molar-refractivity contribution in [2.45, 2.75) is 6.92 Å². The van der Waals surface area contributed by atoms with Gasteiger partial charge < -0.3 is 10.4 Å². The summed E-state index contributed by atoms with van der Waals surface area (Å²) < 4.78 is 0. The highest BCUT2D eigenvalue weighted by Crippen LogP contribution is 2.14. The molecule has 0 unspecified atom stereocenters. The number of benzene rings is 1. The summed E-state index contributed by atoms with van der Waals surface area (Å²) >= 11 is 0. The lowest BCUT2D eigenvalue weighted by Crippen LogP contribution is -1.96. The summed E-state index contributed by atoms with van der Waals surface area (Å²) in [6.07, 6.45) is 1.57. The Bertz CT molecular complexity index is 292. The largest absolute Gasteiger partial charge is 0.506 e. The Morgan fingerprint density at radius 3 is 2.67 bits per heavy atom. The van der Waals surface area contributed by atoms with Crippen molar-refractivity contribution in [3.8, 4) is 0 Å². The summed E-state index contributed by atoms with van der Waals surface area (Å²) in [6.45, 7) is 1.97. The molecule has 0 saturated heterocycles. The number of hydrogen-bond donors (Lipinski definition) is 2. The van der Waals surface area contributed by atoms with E-state index in [1.807, 2.05) is 31.2 Å². The molecule has 0 aliphatic heterocycles. The number of rotatable bonds is 2. The van der Waals surface area contributed by atoms with Crippen LogP contribution in [0.2, 0.25) is 0 Å². The zero-order valence-corrected chi connectivity index (χ0v) is 7.33. The second kappa shape index (κ2) is 3.81. The predicted octanol–water partition coefficient (Wildman–Crippen LogP) is 2.07. The molecule has 0 atom stereocenters. The zero-order chi connectivity index (χ0) is 8.97. The van der Waals surface area contributed by atoms with Crippen molar-refractivity contribution in [2.75, 3.05) is 7.05 Å². The number of aliphatic hydroxyl groups excluding tert-OH is 1. The van der Waals surface area contributed by atoms with Crippen molar-refractivity contribution < 1.29 is 5.11 Å². The van der Waals surface area contributed by atoms with Crippen LogP contribution in [0.1, 0.15) is 11.1 Å². The highest BCUT2D eigenvalue weighted by Gasteiger charge is 1.99. The quantitative estimate of drug-likeness (QED) is 0.654. The third-order valence-electron chi connectivity index (χ3n) is 1.70. The lowest BCUT2D eigenvalue weighted by Gasteiger charge is -2.03. The molecule has 12 heavy (non-hydrogen) atoms. The Morgan fingerprint density at radius 1 is 1.42 bits per heavy atom. The Kier molecular flexibility index (Phi) is 2.75. The van der Waals surface area contributed by atoms with Crippen molar-refractivity contribution in [2.24, 2.45) is 0 Å². The van der Waals surface area contributed by atoms with Crippen LogP contribution in [-0.4, -0.2) is 12.2 Å². The first-order valence-corrected chi connectivity index (χ1v) is 3.88. The minimum absolute atomic E-state index is 0.274. The maximum absolute atomic E-state index is 9.50. The molecule has 2 heteroatoms. The fourth-order valence-corrected chi connectivity index (χ4v) is 1.07. The van der Waals surface area contributed by atoms with E-state index in [0.717, 1.165) is 11.1 Å². The van der Waals surface area contributed by atoms with Crippen LogP contribution in [0.5, 0.6) is 0 Å². The molecule has 2 nitrogen and oxygen atoms in total. The van der Waals surface area contributed by atoms with E-state index in [-0.39, 0.29) is 5.76 Å². The SMILES string of the molecule is CN/C=C(\O)c1ccccc1C. The first-order chi connectivity index (χ1) is 5.75. The molecule has 0 fully saturated rings. The van der Waals surface area contributed by atoms with Gasteiger partial charge in [0.2, 0.25) is 0 Å². The summed E-state index contributed by atoms with van der Waals surface area (Å²) in [4.78, 5) is 0. The van der Waals surface area contributed by atoms with E-state index in [2.05, 4.69) is 5.32 Å². The predicted molar refractivity (Wildman–Crippen MR) is 50.8 cm³/mol. The van der Waals surface area contributed by atoms with Gasteiger partial charge in [0, 0.05) is 18.8 Å². The third-order valence-corrected chi connectivity index (χ3v) is 1.70. The Balaban J connectivity index is 3.02. The lowest BCUT2D eigenvalue weighted by molar-refractivity contribution is 0.508. The maximum Gasteiger partial charge on any atom is 0.138 e. The summed E-state index contributed by atoms with van der Waals surface area (Å²) in [5.74, 6) is 0.274. The van der Waals surface area contributed by atoms with Gasteiger partial charge in [0.25, 0.3) is 0 Å². The number of aryl methyl sites for hydroxylation is 1. The Hall–Kier alpha value is -1.44. The van der Waals surface area contributed by atoms with Gasteiger partial charge in [-0.15, -0.1) is 0 Å². The van der Waals surface area contributed by atoms with Gasteiger partial charge in [-0.1, -0.05) is 24.3 Å². The summed E-state index contributed by atoms with van der Waals surface area (Å²) in [5.41, 5.74) is 1.94. The van der Waals surface area contributed by atoms with Gasteiger partial charge in [0.05, 0.1) is 0 Å². The number of aliphatic hydroxyl groups is 1. The molecule has 0 aliphatic carbocycles. The highest BCUT2D eigenvalue weighted by atomic mass is 16.3. The summed E-state index contributed by atoms with van der Waals surface area (Å²) in [6, 6.07) is 7.71. The topological polar surface area (TPSA) is 32.3 Å². The van der Waals surface area contributed by atoms with Gasteiger partial charge in [0.1, 0.15) is 5.76 Å². The smallest absolute Gasteiger partial charge is 0.138 e. The van der Waals surface area contributed by atoms with Gasteiger partial charge in [0.15, 0.2) is 0 Å². The molecule has 0 aliphatic rings. The van der Waals surface area contributed by atoms with Crippen LogP contribution < -0.4 is 5.32 Å². The minimum atomic E-state index is 0.274. The first-order valence-electron chi connectivity index (χ1n) is 3.88. The molecular formula is C10H13NO. The Morgan fingerprint density at radius 2 is 2.08 bits per heavy atom. The maximum atomic E-state index is 9.50. The van der Waals surface area contributed by atoms with Crippen LogP contribution in [0.4, 0.5) is 0 Å². The molecule has 0 aromatic heterocycles. The van der Waals surface area contributed by atoms with E-state index in [1.54, 1.807) is 13.2 Å². The fraction of sp³-hybridized carbons (Fsp3) is 0.200. The van der Waals surface area contributed by atoms with Crippen LogP contribution in [0.3, 0.4) is 0 Å². The average Bonchev–Trinajstić information content (AvgIpc) is 2.05. The van der Waals surface area contributed by atoms with Gasteiger partial charge >= 0.3 is 0 Å². The third kappa shape index (κ3) is 1.78. The van der Waals surface area contributed by atoms with Crippen LogP contribution in [0.25, 0.3) is 5.76 Å². The van der Waals surface area contributed by atoms with Gasteiger partial charge in [-0.3, -0.25) is 0 Å². The van der Waals surface area contributed by atoms with Crippen molar-refractivity contribution in [3.05, 3.63) is 41.6 Å². The van der Waals surface area contributed by atoms with E-state index >= 15 is 0 Å². The van der Waals surface area contributed by atoms with E-state index in [0.29, 0.717) is 0 Å². The zero-order valence-electron chi connectivity index (χ0n) is 7.33. The molecule has 0 bridgehead atoms. The van der Waals surface area contributed by atoms with E-state index in [9.17, 15) is 5.11 Å². The van der Waals surface area contributed by atoms with Crippen molar-refractivity contribution in [1.29, 1.82) is 0 Å². The second-order valence-electron chi connectivity index (χ2n) is 2.63. The number of hydrogen-bond acceptors (Lipinski definition) is 2. The highest BCUT2D eigenvalue weighted by molar-refractivity contribution is 5.60. The summed E-state index contributed by atoms with van der Waals surface area (Å²) in [7, 11) is 1.76. The molecule has 0 heterocycles. The average molecular weight is 163 g/mol. The molecule has 64 valence electrons. The van der Waals surface area contributed by atoms with Gasteiger partial charge in [-0.25, -0.2) is 0 Å². The van der Waals surface area contributed by atoms with Gasteiger partial charge in [-0.2, -0.15) is 0 Å². The molecule has 0 spiro atoms. The van der Waals surface area contributed by atoms with Crippen LogP contribution in [-0.2, 0) is 0 Å². The number of nitrogens with one attached hydrogen (secondary N) is 1. The normalized spacial score (nSPS) is 11.3. The monoisotopic (exact) mass is 163 g/mol. The molecule has 1 rings (SSSR count). The van der Waals surface area contributed by atoms with E-state index < -0.39 is 0 Å². The molecule has 0 radical (unpaired) electrons. The van der Waals surface area contributed by atoms with Crippen molar-refractivity contribution in [3.63, 3.8) is 0 Å². The molecular weight excluding hydrogens is 150 g/mol. The van der Waals surface area contributed by atoms with Crippen molar-refractivity contribution >= 4 is 5.76 Å². The first kappa shape index (κ1) is 8.65. The Labute approximate surface area is 72.5 Å². The minimum Gasteiger partial charge on any atom is -0.506 e. The molecule has 1 aromatic carbocycles. The molecule has 0 saturated carbocycles.